The highest BCUT2D eigenvalue weighted by molar-refractivity contribution is 9.10. The van der Waals surface area contributed by atoms with Gasteiger partial charge in [0.1, 0.15) is 5.82 Å². The van der Waals surface area contributed by atoms with E-state index >= 15 is 0 Å². The van der Waals surface area contributed by atoms with Gasteiger partial charge in [0.25, 0.3) is 0 Å². The molecule has 96 valence electrons. The summed E-state index contributed by atoms with van der Waals surface area (Å²) >= 11 is 3.48. The van der Waals surface area contributed by atoms with Crippen molar-refractivity contribution in [3.8, 4) is 0 Å². The van der Waals surface area contributed by atoms with Crippen molar-refractivity contribution in [1.82, 2.24) is 9.97 Å². The van der Waals surface area contributed by atoms with Crippen molar-refractivity contribution in [3.05, 3.63) is 46.1 Å². The number of nitrogens with one attached hydrogen (secondary N) is 1. The zero-order chi connectivity index (χ0) is 13.4. The summed E-state index contributed by atoms with van der Waals surface area (Å²) in [7, 11) is 0. The van der Waals surface area contributed by atoms with Crippen molar-refractivity contribution in [2.75, 3.05) is 11.1 Å². The molecule has 6 heteroatoms. The Morgan fingerprint density at radius 2 is 2.16 bits per heavy atom. The fourth-order valence-corrected chi connectivity index (χ4v) is 2.76. The zero-order valence-electron chi connectivity index (χ0n) is 9.93. The summed E-state index contributed by atoms with van der Waals surface area (Å²) in [6, 6.07) is 7.71. The number of carbonyl (C=O) groups excluding carboxylic acids is 1. The van der Waals surface area contributed by atoms with Gasteiger partial charge in [-0.15, -0.1) is 0 Å². The van der Waals surface area contributed by atoms with E-state index in [0.717, 1.165) is 15.6 Å². The molecule has 19 heavy (non-hydrogen) atoms. The van der Waals surface area contributed by atoms with Crippen molar-refractivity contribution in [1.29, 1.82) is 0 Å². The van der Waals surface area contributed by atoms with Gasteiger partial charge in [0.2, 0.25) is 11.9 Å². The maximum atomic E-state index is 12.2. The zero-order valence-corrected chi connectivity index (χ0v) is 11.5. The summed E-state index contributed by atoms with van der Waals surface area (Å²) in [5.41, 5.74) is 7.37. The number of nitrogens with two attached hydrogens (primary N) is 1. The predicted octanol–water partition coefficient (Wildman–Crippen LogP) is 2.10. The molecule has 1 atom stereocenters. The number of hydrogen-bond donors (Lipinski definition) is 2. The standard InChI is InChI=1S/C13H11BrN4O/c14-10-4-2-1-3-8(10)9-5-7-6-16-13(15)18-11(7)17-12(9)19/h1-4,6,9H,5H2,(H3,15,16,17,18,19). The monoisotopic (exact) mass is 318 g/mol. The van der Waals surface area contributed by atoms with Crippen molar-refractivity contribution in [2.45, 2.75) is 12.3 Å². The number of amides is 1. The van der Waals surface area contributed by atoms with E-state index in [1.807, 2.05) is 24.3 Å². The maximum Gasteiger partial charge on any atom is 0.233 e. The molecule has 3 N–H and O–H groups in total. The lowest BCUT2D eigenvalue weighted by Gasteiger charge is -2.24. The Morgan fingerprint density at radius 3 is 2.95 bits per heavy atom. The van der Waals surface area contributed by atoms with Crippen molar-refractivity contribution < 1.29 is 4.79 Å². The van der Waals surface area contributed by atoms with Crippen LogP contribution in [0, 0.1) is 0 Å². The number of nitrogen functional groups attached to an aromatic ring is 1. The Kier molecular flexibility index (Phi) is 2.94. The fraction of sp³-hybridized carbons (Fsp3) is 0.154. The second-order valence-corrected chi connectivity index (χ2v) is 5.22. The minimum atomic E-state index is -0.240. The summed E-state index contributed by atoms with van der Waals surface area (Å²) in [5.74, 6) is 0.368. The molecule has 1 aromatic carbocycles. The first-order chi connectivity index (χ1) is 9.15. The molecule has 1 aliphatic heterocycles. The molecule has 1 aromatic heterocycles. The molecule has 1 amide bonds. The Labute approximate surface area is 118 Å². The molecule has 3 rings (SSSR count). The number of benzene rings is 1. The Morgan fingerprint density at radius 1 is 1.37 bits per heavy atom. The van der Waals surface area contributed by atoms with Gasteiger partial charge in [0, 0.05) is 16.2 Å². The quantitative estimate of drug-likeness (QED) is 0.843. The highest BCUT2D eigenvalue weighted by atomic mass is 79.9. The molecule has 0 saturated carbocycles. The average Bonchev–Trinajstić information content (AvgIpc) is 2.39. The van der Waals surface area contributed by atoms with E-state index in [-0.39, 0.29) is 17.8 Å². The van der Waals surface area contributed by atoms with Gasteiger partial charge < -0.3 is 11.1 Å². The lowest BCUT2D eigenvalue weighted by Crippen LogP contribution is -2.29. The van der Waals surface area contributed by atoms with Gasteiger partial charge >= 0.3 is 0 Å². The lowest BCUT2D eigenvalue weighted by molar-refractivity contribution is -0.117. The first kappa shape index (κ1) is 12.1. The van der Waals surface area contributed by atoms with E-state index in [1.54, 1.807) is 6.20 Å². The molecule has 1 aliphatic rings. The summed E-state index contributed by atoms with van der Waals surface area (Å²) in [6.07, 6.45) is 2.24. The number of rotatable bonds is 1. The average molecular weight is 319 g/mol. The van der Waals surface area contributed by atoms with E-state index in [2.05, 4.69) is 31.2 Å². The van der Waals surface area contributed by atoms with Crippen LogP contribution in [-0.2, 0) is 11.2 Å². The minimum absolute atomic E-state index is 0.0718. The van der Waals surface area contributed by atoms with E-state index in [0.29, 0.717) is 12.2 Å². The van der Waals surface area contributed by atoms with Gasteiger partial charge in [-0.2, -0.15) is 4.98 Å². The smallest absolute Gasteiger partial charge is 0.233 e. The molecular weight excluding hydrogens is 308 g/mol. The second-order valence-electron chi connectivity index (χ2n) is 4.37. The first-order valence-corrected chi connectivity index (χ1v) is 6.61. The number of carbonyl (C=O) groups is 1. The SMILES string of the molecule is Nc1ncc2c(n1)NC(=O)C(c1ccccc1Br)C2. The van der Waals surface area contributed by atoms with Gasteiger partial charge in [-0.25, -0.2) is 4.98 Å². The van der Waals surface area contributed by atoms with Crippen molar-refractivity contribution in [2.24, 2.45) is 0 Å². The number of halogens is 1. The van der Waals surface area contributed by atoms with E-state index in [9.17, 15) is 4.79 Å². The van der Waals surface area contributed by atoms with Gasteiger partial charge in [-0.05, 0) is 18.1 Å². The van der Waals surface area contributed by atoms with Gasteiger partial charge in [-0.1, -0.05) is 34.1 Å². The topological polar surface area (TPSA) is 80.9 Å². The molecule has 0 radical (unpaired) electrons. The third-order valence-corrected chi connectivity index (χ3v) is 3.87. The van der Waals surface area contributed by atoms with Crippen LogP contribution in [-0.4, -0.2) is 15.9 Å². The third-order valence-electron chi connectivity index (χ3n) is 3.15. The molecule has 2 aromatic rings. The number of hydrogen-bond acceptors (Lipinski definition) is 4. The van der Waals surface area contributed by atoms with Crippen LogP contribution in [0.25, 0.3) is 0 Å². The second kappa shape index (κ2) is 4.62. The Balaban J connectivity index is 2.01. The number of fused-ring (bicyclic) bond motifs is 1. The van der Waals surface area contributed by atoms with Crippen LogP contribution in [0.2, 0.25) is 0 Å². The van der Waals surface area contributed by atoms with Crippen LogP contribution < -0.4 is 11.1 Å². The highest BCUT2D eigenvalue weighted by Crippen LogP contribution is 2.33. The number of anilines is 2. The van der Waals surface area contributed by atoms with Crippen LogP contribution in [0.3, 0.4) is 0 Å². The maximum absolute atomic E-state index is 12.2. The van der Waals surface area contributed by atoms with Crippen LogP contribution in [0.4, 0.5) is 11.8 Å². The first-order valence-electron chi connectivity index (χ1n) is 5.82. The summed E-state index contributed by atoms with van der Waals surface area (Å²) in [6.45, 7) is 0. The normalized spacial score (nSPS) is 17.7. The molecule has 5 nitrogen and oxygen atoms in total. The van der Waals surface area contributed by atoms with E-state index < -0.39 is 0 Å². The Hall–Kier alpha value is -1.95. The molecule has 0 fully saturated rings. The lowest BCUT2D eigenvalue weighted by atomic mass is 9.89. The van der Waals surface area contributed by atoms with Gasteiger partial charge in [0.15, 0.2) is 0 Å². The molecule has 0 bridgehead atoms. The van der Waals surface area contributed by atoms with Crippen LogP contribution in [0.5, 0.6) is 0 Å². The molecule has 1 unspecified atom stereocenters. The summed E-state index contributed by atoms with van der Waals surface area (Å²) < 4.78 is 0.926. The molecular formula is C13H11BrN4O. The summed E-state index contributed by atoms with van der Waals surface area (Å²) in [5, 5.41) is 2.79. The van der Waals surface area contributed by atoms with Crippen LogP contribution in [0.15, 0.2) is 34.9 Å². The van der Waals surface area contributed by atoms with Gasteiger partial charge in [-0.3, -0.25) is 4.79 Å². The number of aromatic nitrogens is 2. The third kappa shape index (κ3) is 2.19. The molecule has 0 aliphatic carbocycles. The number of nitrogens with zero attached hydrogens (tertiary/aromatic N) is 2. The van der Waals surface area contributed by atoms with Crippen molar-refractivity contribution >= 4 is 33.6 Å². The van der Waals surface area contributed by atoms with Crippen molar-refractivity contribution in [3.63, 3.8) is 0 Å². The highest BCUT2D eigenvalue weighted by Gasteiger charge is 2.29. The Bertz CT molecular complexity index is 659. The van der Waals surface area contributed by atoms with Gasteiger partial charge in [0.05, 0.1) is 5.92 Å². The predicted molar refractivity (Wildman–Crippen MR) is 75.7 cm³/mol. The van der Waals surface area contributed by atoms with Crippen LogP contribution >= 0.6 is 15.9 Å². The minimum Gasteiger partial charge on any atom is -0.368 e. The molecule has 0 spiro atoms. The molecule has 0 saturated heterocycles. The van der Waals surface area contributed by atoms with E-state index in [1.165, 1.54) is 0 Å². The largest absolute Gasteiger partial charge is 0.368 e. The fourth-order valence-electron chi connectivity index (χ4n) is 2.20. The van der Waals surface area contributed by atoms with E-state index in [4.69, 9.17) is 5.73 Å². The molecule has 2 heterocycles. The van der Waals surface area contributed by atoms with Crippen LogP contribution in [0.1, 0.15) is 17.0 Å². The summed E-state index contributed by atoms with van der Waals surface area (Å²) in [4.78, 5) is 20.2.